The SMILES string of the molecule is CCO.Nc1nc(N)nc(NCO)n1. The van der Waals surface area contributed by atoms with Crippen LogP contribution in [0.25, 0.3) is 0 Å². The van der Waals surface area contributed by atoms with Crippen LogP contribution >= 0.6 is 0 Å². The second-order valence-electron chi connectivity index (χ2n) is 2.03. The zero-order chi connectivity index (χ0) is 11.0. The van der Waals surface area contributed by atoms with E-state index in [1.54, 1.807) is 6.92 Å². The molecule has 0 aliphatic heterocycles. The number of anilines is 3. The molecule has 0 unspecified atom stereocenters. The minimum Gasteiger partial charge on any atom is -0.397 e. The van der Waals surface area contributed by atoms with E-state index in [2.05, 4.69) is 20.3 Å². The van der Waals surface area contributed by atoms with Gasteiger partial charge in [0.15, 0.2) is 0 Å². The fourth-order valence-electron chi connectivity index (χ4n) is 0.559. The third-order valence-corrected chi connectivity index (χ3v) is 0.907. The Labute approximate surface area is 81.0 Å². The van der Waals surface area contributed by atoms with Gasteiger partial charge in [0, 0.05) is 6.61 Å². The van der Waals surface area contributed by atoms with Gasteiger partial charge in [-0.2, -0.15) is 15.0 Å². The van der Waals surface area contributed by atoms with Crippen LogP contribution in [-0.4, -0.2) is 38.5 Å². The maximum absolute atomic E-state index is 8.41. The van der Waals surface area contributed by atoms with E-state index in [1.165, 1.54) is 0 Å². The molecular weight excluding hydrogens is 188 g/mol. The maximum Gasteiger partial charge on any atom is 0.231 e. The van der Waals surface area contributed by atoms with Gasteiger partial charge >= 0.3 is 0 Å². The second kappa shape index (κ2) is 6.80. The van der Waals surface area contributed by atoms with Crippen molar-refractivity contribution in [3.63, 3.8) is 0 Å². The lowest BCUT2D eigenvalue weighted by Crippen LogP contribution is -2.09. The first-order chi connectivity index (χ1) is 6.63. The van der Waals surface area contributed by atoms with Gasteiger partial charge in [-0.25, -0.2) is 0 Å². The van der Waals surface area contributed by atoms with Crippen LogP contribution in [0.2, 0.25) is 0 Å². The Morgan fingerprint density at radius 3 is 1.93 bits per heavy atom. The highest BCUT2D eigenvalue weighted by Crippen LogP contribution is 2.01. The molecule has 0 fully saturated rings. The maximum atomic E-state index is 8.41. The van der Waals surface area contributed by atoms with Crippen molar-refractivity contribution in [3.05, 3.63) is 0 Å². The van der Waals surface area contributed by atoms with Gasteiger partial charge in [0.25, 0.3) is 0 Å². The molecular formula is C6H14N6O2. The number of nitrogens with zero attached hydrogens (tertiary/aromatic N) is 3. The molecule has 14 heavy (non-hydrogen) atoms. The molecule has 0 aromatic carbocycles. The van der Waals surface area contributed by atoms with Gasteiger partial charge in [0.1, 0.15) is 6.73 Å². The average molecular weight is 202 g/mol. The van der Waals surface area contributed by atoms with Gasteiger partial charge in [0.2, 0.25) is 17.8 Å². The molecule has 0 saturated carbocycles. The lowest BCUT2D eigenvalue weighted by molar-refractivity contribution is 0.318. The van der Waals surface area contributed by atoms with E-state index in [1.807, 2.05) is 0 Å². The Balaban J connectivity index is 0.000000500. The molecule has 0 amide bonds. The number of nitrogen functional groups attached to an aromatic ring is 2. The zero-order valence-electron chi connectivity index (χ0n) is 7.80. The van der Waals surface area contributed by atoms with Crippen LogP contribution in [0.3, 0.4) is 0 Å². The molecule has 1 aromatic rings. The van der Waals surface area contributed by atoms with Crippen LogP contribution < -0.4 is 16.8 Å². The predicted molar refractivity (Wildman–Crippen MR) is 52.1 cm³/mol. The van der Waals surface area contributed by atoms with E-state index < -0.39 is 0 Å². The fourth-order valence-corrected chi connectivity index (χ4v) is 0.559. The number of nitrogens with two attached hydrogens (primary N) is 2. The Bertz CT molecular complexity index is 248. The fraction of sp³-hybridized carbons (Fsp3) is 0.500. The van der Waals surface area contributed by atoms with Gasteiger partial charge in [0.05, 0.1) is 0 Å². The Kier molecular flexibility index (Phi) is 5.99. The molecule has 0 spiro atoms. The molecule has 1 rings (SSSR count). The molecule has 0 atom stereocenters. The van der Waals surface area contributed by atoms with E-state index in [9.17, 15) is 0 Å². The Morgan fingerprint density at radius 2 is 1.57 bits per heavy atom. The molecule has 80 valence electrons. The molecule has 1 aromatic heterocycles. The third kappa shape index (κ3) is 5.06. The van der Waals surface area contributed by atoms with Crippen molar-refractivity contribution in [2.45, 2.75) is 6.92 Å². The van der Waals surface area contributed by atoms with Crippen LogP contribution in [-0.2, 0) is 0 Å². The van der Waals surface area contributed by atoms with Crippen molar-refractivity contribution in [1.82, 2.24) is 15.0 Å². The van der Waals surface area contributed by atoms with E-state index in [0.717, 1.165) is 0 Å². The van der Waals surface area contributed by atoms with Crippen molar-refractivity contribution in [1.29, 1.82) is 0 Å². The van der Waals surface area contributed by atoms with Crippen LogP contribution in [0.15, 0.2) is 0 Å². The first-order valence-electron chi connectivity index (χ1n) is 3.86. The Hall–Kier alpha value is -1.67. The van der Waals surface area contributed by atoms with Crippen LogP contribution in [0.4, 0.5) is 17.8 Å². The number of hydrogen-bond acceptors (Lipinski definition) is 8. The van der Waals surface area contributed by atoms with Crippen molar-refractivity contribution >= 4 is 17.8 Å². The third-order valence-electron chi connectivity index (χ3n) is 0.907. The van der Waals surface area contributed by atoms with Gasteiger partial charge in [-0.05, 0) is 6.92 Å². The average Bonchev–Trinajstić information content (AvgIpc) is 2.03. The number of rotatable bonds is 2. The molecule has 0 bridgehead atoms. The van der Waals surface area contributed by atoms with Crippen molar-refractivity contribution in [3.8, 4) is 0 Å². The number of aliphatic hydroxyl groups is 2. The van der Waals surface area contributed by atoms with Crippen LogP contribution in [0.5, 0.6) is 0 Å². The van der Waals surface area contributed by atoms with E-state index >= 15 is 0 Å². The first kappa shape index (κ1) is 12.3. The number of aromatic nitrogens is 3. The van der Waals surface area contributed by atoms with E-state index in [-0.39, 0.29) is 31.2 Å². The summed E-state index contributed by atoms with van der Waals surface area (Å²) in [6.45, 7) is 1.66. The largest absolute Gasteiger partial charge is 0.397 e. The van der Waals surface area contributed by atoms with Gasteiger partial charge in [-0.3, -0.25) is 0 Å². The summed E-state index contributed by atoms with van der Waals surface area (Å²) in [5.74, 6) is 0.208. The molecule has 0 aliphatic rings. The highest BCUT2D eigenvalue weighted by Gasteiger charge is 1.98. The van der Waals surface area contributed by atoms with Crippen molar-refractivity contribution < 1.29 is 10.2 Å². The summed E-state index contributed by atoms with van der Waals surface area (Å²) in [5.41, 5.74) is 10.5. The summed E-state index contributed by atoms with van der Waals surface area (Å²) in [5, 5.41) is 18.4. The summed E-state index contributed by atoms with van der Waals surface area (Å²) in [6.07, 6.45) is 0. The molecule has 0 aliphatic carbocycles. The molecule has 8 heteroatoms. The lowest BCUT2D eigenvalue weighted by atomic mass is 10.8. The standard InChI is InChI=1S/C4H8N6O.C2H6O/c5-2-8-3(6)10-4(9-2)7-1-11;1-2-3/h11H,1H2,(H5,5,6,7,8,9,10);3H,2H2,1H3. The molecule has 0 saturated heterocycles. The highest BCUT2D eigenvalue weighted by atomic mass is 16.3. The van der Waals surface area contributed by atoms with Crippen LogP contribution in [0, 0.1) is 0 Å². The van der Waals surface area contributed by atoms with Crippen molar-refractivity contribution in [2.75, 3.05) is 30.1 Å². The summed E-state index contributed by atoms with van der Waals surface area (Å²) in [7, 11) is 0. The second-order valence-corrected chi connectivity index (χ2v) is 2.03. The topological polar surface area (TPSA) is 143 Å². The number of nitrogens with one attached hydrogen (secondary N) is 1. The lowest BCUT2D eigenvalue weighted by Gasteiger charge is -2.00. The highest BCUT2D eigenvalue weighted by molar-refractivity contribution is 5.36. The Morgan fingerprint density at radius 1 is 1.14 bits per heavy atom. The monoisotopic (exact) mass is 202 g/mol. The first-order valence-corrected chi connectivity index (χ1v) is 3.86. The number of hydrogen-bond donors (Lipinski definition) is 5. The minimum atomic E-state index is -0.275. The number of aliphatic hydroxyl groups excluding tert-OH is 2. The quantitative estimate of drug-likeness (QED) is 0.360. The summed E-state index contributed by atoms with van der Waals surface area (Å²) in [4.78, 5) is 10.8. The smallest absolute Gasteiger partial charge is 0.231 e. The normalized spacial score (nSPS) is 8.79. The van der Waals surface area contributed by atoms with Gasteiger partial charge in [-0.15, -0.1) is 0 Å². The summed E-state index contributed by atoms with van der Waals surface area (Å²) < 4.78 is 0. The zero-order valence-corrected chi connectivity index (χ0v) is 7.80. The predicted octanol–water partition coefficient (Wildman–Crippen LogP) is -1.60. The van der Waals surface area contributed by atoms with Gasteiger partial charge < -0.3 is 27.0 Å². The molecule has 8 nitrogen and oxygen atoms in total. The molecule has 0 radical (unpaired) electrons. The molecule has 7 N–H and O–H groups in total. The van der Waals surface area contributed by atoms with Crippen molar-refractivity contribution in [2.24, 2.45) is 0 Å². The molecule has 1 heterocycles. The van der Waals surface area contributed by atoms with E-state index in [0.29, 0.717) is 0 Å². The minimum absolute atomic E-state index is 0.0217. The van der Waals surface area contributed by atoms with Gasteiger partial charge in [-0.1, -0.05) is 0 Å². The summed E-state index contributed by atoms with van der Waals surface area (Å²) >= 11 is 0. The van der Waals surface area contributed by atoms with E-state index in [4.69, 9.17) is 21.7 Å². The van der Waals surface area contributed by atoms with Crippen LogP contribution in [0.1, 0.15) is 6.92 Å². The summed E-state index contributed by atoms with van der Waals surface area (Å²) in [6, 6.07) is 0.